The SMILES string of the molecule is CC(C)CC1=C(C(CC(C)C)c2ccccc2)/C(=C/N2C(=O)OCC2c2ccccc2)c2ccccc21. The highest BCUT2D eigenvalue weighted by molar-refractivity contribution is 6.01. The van der Waals surface area contributed by atoms with Crippen molar-refractivity contribution in [2.24, 2.45) is 11.8 Å². The monoisotopic (exact) mass is 491 g/mol. The summed E-state index contributed by atoms with van der Waals surface area (Å²) in [6.07, 6.45) is 3.84. The lowest BCUT2D eigenvalue weighted by atomic mass is 9.79. The fourth-order valence-corrected chi connectivity index (χ4v) is 5.82. The van der Waals surface area contributed by atoms with Gasteiger partial charge in [0, 0.05) is 17.7 Å². The van der Waals surface area contributed by atoms with Crippen LogP contribution in [0.15, 0.2) is 96.7 Å². The van der Waals surface area contributed by atoms with Crippen LogP contribution < -0.4 is 0 Å². The summed E-state index contributed by atoms with van der Waals surface area (Å²) in [6.45, 7) is 9.54. The van der Waals surface area contributed by atoms with E-state index in [9.17, 15) is 4.79 Å². The average Bonchev–Trinajstić information content (AvgIpc) is 3.41. The molecule has 0 aromatic heterocycles. The number of hydrogen-bond donors (Lipinski definition) is 0. The normalized spacial score (nSPS) is 19.2. The van der Waals surface area contributed by atoms with Gasteiger partial charge in [0.1, 0.15) is 6.61 Å². The molecule has 1 saturated heterocycles. The summed E-state index contributed by atoms with van der Waals surface area (Å²) in [5.74, 6) is 1.28. The largest absolute Gasteiger partial charge is 0.447 e. The van der Waals surface area contributed by atoms with Crippen molar-refractivity contribution in [1.29, 1.82) is 0 Å². The van der Waals surface area contributed by atoms with E-state index in [-0.39, 0.29) is 18.1 Å². The number of rotatable bonds is 8. The Morgan fingerprint density at radius 3 is 2.11 bits per heavy atom. The molecular formula is C34H37NO2. The number of nitrogens with zero attached hydrogens (tertiary/aromatic N) is 1. The van der Waals surface area contributed by atoms with Crippen LogP contribution in [-0.4, -0.2) is 17.6 Å². The second-order valence-electron chi connectivity index (χ2n) is 11.1. The van der Waals surface area contributed by atoms with Gasteiger partial charge in [-0.05, 0) is 58.1 Å². The van der Waals surface area contributed by atoms with Crippen molar-refractivity contribution in [3.05, 3.63) is 119 Å². The fraction of sp³-hybridized carbons (Fsp3) is 0.324. The Balaban J connectivity index is 1.71. The minimum Gasteiger partial charge on any atom is -0.447 e. The molecule has 0 radical (unpaired) electrons. The molecule has 1 aliphatic carbocycles. The quantitative estimate of drug-likeness (QED) is 0.315. The van der Waals surface area contributed by atoms with Gasteiger partial charge in [-0.3, -0.25) is 4.90 Å². The predicted octanol–water partition coefficient (Wildman–Crippen LogP) is 8.86. The third kappa shape index (κ3) is 5.13. The Kier molecular flexibility index (Phi) is 7.32. The molecule has 1 heterocycles. The van der Waals surface area contributed by atoms with Crippen molar-refractivity contribution >= 4 is 17.2 Å². The molecule has 37 heavy (non-hydrogen) atoms. The van der Waals surface area contributed by atoms with Crippen molar-refractivity contribution in [3.63, 3.8) is 0 Å². The zero-order chi connectivity index (χ0) is 25.9. The first-order chi connectivity index (χ1) is 17.9. The third-order valence-electron chi connectivity index (χ3n) is 7.39. The van der Waals surface area contributed by atoms with E-state index >= 15 is 0 Å². The third-order valence-corrected chi connectivity index (χ3v) is 7.39. The van der Waals surface area contributed by atoms with Gasteiger partial charge in [0.2, 0.25) is 0 Å². The first kappa shape index (κ1) is 25.1. The van der Waals surface area contributed by atoms with E-state index in [0.717, 1.165) is 24.0 Å². The number of carbonyl (C=O) groups is 1. The van der Waals surface area contributed by atoms with E-state index in [2.05, 4.69) is 101 Å². The Morgan fingerprint density at radius 1 is 0.838 bits per heavy atom. The van der Waals surface area contributed by atoms with E-state index in [1.807, 2.05) is 23.1 Å². The molecule has 3 heteroatoms. The van der Waals surface area contributed by atoms with Gasteiger partial charge in [-0.1, -0.05) is 113 Å². The molecule has 0 saturated carbocycles. The summed E-state index contributed by atoms with van der Waals surface area (Å²) in [5, 5.41) is 0. The lowest BCUT2D eigenvalue weighted by Crippen LogP contribution is -2.22. The number of allylic oxidation sites excluding steroid dienone is 3. The Hall–Kier alpha value is -3.59. The highest BCUT2D eigenvalue weighted by Gasteiger charge is 2.37. The molecule has 0 N–H and O–H groups in total. The van der Waals surface area contributed by atoms with Crippen molar-refractivity contribution in [2.75, 3.05) is 6.61 Å². The summed E-state index contributed by atoms with van der Waals surface area (Å²) >= 11 is 0. The van der Waals surface area contributed by atoms with Crippen LogP contribution in [0.25, 0.3) is 11.1 Å². The van der Waals surface area contributed by atoms with Gasteiger partial charge in [-0.25, -0.2) is 4.79 Å². The Labute approximate surface area is 221 Å². The maximum Gasteiger partial charge on any atom is 0.414 e. The molecule has 2 aliphatic rings. The summed E-state index contributed by atoms with van der Waals surface area (Å²) in [5.41, 5.74) is 8.85. The molecular weight excluding hydrogens is 454 g/mol. The second-order valence-corrected chi connectivity index (χ2v) is 11.1. The van der Waals surface area contributed by atoms with Crippen LogP contribution in [0.3, 0.4) is 0 Å². The van der Waals surface area contributed by atoms with Crippen LogP contribution >= 0.6 is 0 Å². The number of fused-ring (bicyclic) bond motifs is 1. The smallest absolute Gasteiger partial charge is 0.414 e. The number of benzene rings is 3. The number of cyclic esters (lactones) is 1. The van der Waals surface area contributed by atoms with E-state index in [1.54, 1.807) is 0 Å². The highest BCUT2D eigenvalue weighted by Crippen LogP contribution is 2.51. The fourth-order valence-electron chi connectivity index (χ4n) is 5.82. The van der Waals surface area contributed by atoms with Gasteiger partial charge in [0.15, 0.2) is 0 Å². The number of amides is 1. The van der Waals surface area contributed by atoms with Crippen molar-refractivity contribution < 1.29 is 9.53 Å². The molecule has 3 nitrogen and oxygen atoms in total. The number of ether oxygens (including phenoxy) is 1. The van der Waals surface area contributed by atoms with Crippen LogP contribution in [0.2, 0.25) is 0 Å². The lowest BCUT2D eigenvalue weighted by molar-refractivity contribution is 0.166. The summed E-state index contributed by atoms with van der Waals surface area (Å²) in [6, 6.07) is 29.7. The van der Waals surface area contributed by atoms with Gasteiger partial charge in [0.05, 0.1) is 6.04 Å². The van der Waals surface area contributed by atoms with E-state index in [1.165, 1.54) is 27.8 Å². The van der Waals surface area contributed by atoms with Gasteiger partial charge in [-0.15, -0.1) is 0 Å². The van der Waals surface area contributed by atoms with Crippen LogP contribution in [-0.2, 0) is 4.74 Å². The van der Waals surface area contributed by atoms with Crippen LogP contribution in [0.1, 0.15) is 74.8 Å². The van der Waals surface area contributed by atoms with E-state index in [0.29, 0.717) is 18.4 Å². The molecule has 1 fully saturated rings. The molecule has 3 aromatic carbocycles. The van der Waals surface area contributed by atoms with Crippen molar-refractivity contribution in [1.82, 2.24) is 4.90 Å². The molecule has 1 amide bonds. The van der Waals surface area contributed by atoms with Crippen molar-refractivity contribution in [2.45, 2.75) is 52.5 Å². The van der Waals surface area contributed by atoms with Crippen molar-refractivity contribution in [3.8, 4) is 0 Å². The first-order valence-electron chi connectivity index (χ1n) is 13.5. The van der Waals surface area contributed by atoms with E-state index < -0.39 is 0 Å². The lowest BCUT2D eigenvalue weighted by Gasteiger charge is -2.26. The van der Waals surface area contributed by atoms with Gasteiger partial charge >= 0.3 is 6.09 Å². The highest BCUT2D eigenvalue weighted by atomic mass is 16.6. The predicted molar refractivity (Wildman–Crippen MR) is 152 cm³/mol. The van der Waals surface area contributed by atoms with E-state index in [4.69, 9.17) is 4.74 Å². The Bertz CT molecular complexity index is 1300. The summed E-state index contributed by atoms with van der Waals surface area (Å²) in [7, 11) is 0. The molecule has 1 aliphatic heterocycles. The molecule has 3 aromatic rings. The standard InChI is InChI=1S/C34H37NO2/c1-23(2)19-29(25-13-7-5-8-14-25)33-30(20-24(3)4)27-17-11-12-18-28(27)31(33)21-35-32(22-37-34(35)36)26-15-9-6-10-16-26/h5-18,21,23-24,29,32H,19-20,22H2,1-4H3/b31-21+. The molecule has 2 atom stereocenters. The topological polar surface area (TPSA) is 29.5 Å². The second kappa shape index (κ2) is 10.8. The minimum absolute atomic E-state index is 0.135. The van der Waals surface area contributed by atoms with Gasteiger partial charge < -0.3 is 4.74 Å². The number of hydrogen-bond acceptors (Lipinski definition) is 2. The van der Waals surface area contributed by atoms with Gasteiger partial charge in [0.25, 0.3) is 0 Å². The summed E-state index contributed by atoms with van der Waals surface area (Å²) in [4.78, 5) is 14.9. The molecule has 5 rings (SSSR count). The van der Waals surface area contributed by atoms with Crippen LogP contribution in [0.5, 0.6) is 0 Å². The number of carbonyl (C=O) groups excluding carboxylic acids is 1. The molecule has 0 spiro atoms. The summed E-state index contributed by atoms with van der Waals surface area (Å²) < 4.78 is 5.59. The van der Waals surface area contributed by atoms with Crippen LogP contribution in [0, 0.1) is 11.8 Å². The van der Waals surface area contributed by atoms with Gasteiger partial charge in [-0.2, -0.15) is 0 Å². The Morgan fingerprint density at radius 2 is 1.46 bits per heavy atom. The molecule has 2 unspecified atom stereocenters. The zero-order valence-electron chi connectivity index (χ0n) is 22.4. The zero-order valence-corrected chi connectivity index (χ0v) is 22.4. The van der Waals surface area contributed by atoms with Crippen LogP contribution in [0.4, 0.5) is 4.79 Å². The average molecular weight is 492 g/mol. The molecule has 0 bridgehead atoms. The first-order valence-corrected chi connectivity index (χ1v) is 13.5. The molecule has 190 valence electrons. The minimum atomic E-state index is -0.282. The maximum atomic E-state index is 13.1. The maximum absolute atomic E-state index is 13.1.